The van der Waals surface area contributed by atoms with Gasteiger partial charge in [-0.3, -0.25) is 14.5 Å². The Hall–Kier alpha value is -4.39. The van der Waals surface area contributed by atoms with Crippen LogP contribution in [0.4, 0.5) is 16.2 Å². The number of aliphatic hydroxyl groups excluding tert-OH is 1. The Kier molecular flexibility index (Phi) is 9.36. The van der Waals surface area contributed by atoms with Crippen molar-refractivity contribution >= 4 is 42.5 Å². The van der Waals surface area contributed by atoms with Gasteiger partial charge in [-0.25, -0.2) is 4.79 Å². The molecular weight excluding hydrogens is 667 g/mol. The van der Waals surface area contributed by atoms with Gasteiger partial charge in [-0.1, -0.05) is 49.5 Å². The molecule has 270 valence electrons. The van der Waals surface area contributed by atoms with Crippen LogP contribution < -0.4 is 24.5 Å². The van der Waals surface area contributed by atoms with Crippen LogP contribution in [-0.4, -0.2) is 88.7 Å². The maximum atomic E-state index is 15.2. The monoisotopic (exact) mass is 713 g/mol. The highest BCUT2D eigenvalue weighted by Crippen LogP contribution is 2.60. The highest BCUT2D eigenvalue weighted by Gasteiger charge is 2.66. The average molecular weight is 714 g/mol. The summed E-state index contributed by atoms with van der Waals surface area (Å²) in [6, 6.07) is 21.2. The fourth-order valence-electron chi connectivity index (χ4n) is 9.01. The number of rotatable bonds is 10. The molecule has 51 heavy (non-hydrogen) atoms. The van der Waals surface area contributed by atoms with E-state index >= 15 is 4.79 Å². The molecule has 4 heterocycles. The molecule has 3 aromatic rings. The molecule has 0 radical (unpaired) electrons. The lowest BCUT2D eigenvalue weighted by atomic mass is 9.82. The maximum absolute atomic E-state index is 15.2. The largest absolute Gasteiger partial charge is 0.497 e. The smallest absolute Gasteiger partial charge is 0.414 e. The van der Waals surface area contributed by atoms with Gasteiger partial charge < -0.3 is 33.9 Å². The summed E-state index contributed by atoms with van der Waals surface area (Å²) in [5.41, 5.74) is 1.65. The summed E-state index contributed by atoms with van der Waals surface area (Å²) < 4.78 is 23.4. The number of anilines is 2. The second kappa shape index (κ2) is 13.6. The summed E-state index contributed by atoms with van der Waals surface area (Å²) in [5, 5.41) is 11.2. The van der Waals surface area contributed by atoms with Crippen molar-refractivity contribution in [1.82, 2.24) is 4.90 Å². The van der Waals surface area contributed by atoms with Crippen LogP contribution >= 0.6 is 0 Å². The number of hydrogen-bond acceptors (Lipinski definition) is 8. The van der Waals surface area contributed by atoms with Crippen molar-refractivity contribution in [3.8, 4) is 11.5 Å². The highest BCUT2D eigenvalue weighted by molar-refractivity contribution is 6.91. The molecule has 3 fully saturated rings. The molecule has 4 aliphatic heterocycles. The number of carbonyl (C=O) groups is 3. The quantitative estimate of drug-likeness (QED) is 0.298. The normalized spacial score (nSPS) is 25.9. The molecule has 3 amide bonds. The van der Waals surface area contributed by atoms with Gasteiger partial charge in [0.1, 0.15) is 18.1 Å². The van der Waals surface area contributed by atoms with Gasteiger partial charge in [-0.05, 0) is 66.4 Å². The van der Waals surface area contributed by atoms with Crippen molar-refractivity contribution in [3.05, 3.63) is 77.9 Å². The van der Waals surface area contributed by atoms with Gasteiger partial charge in [0.2, 0.25) is 5.91 Å². The number of ether oxygens (including phenoxy) is 4. The number of methoxy groups -OCH3 is 2. The van der Waals surface area contributed by atoms with Crippen molar-refractivity contribution < 1.29 is 38.4 Å². The van der Waals surface area contributed by atoms with E-state index in [0.29, 0.717) is 32.0 Å². The molecule has 0 unspecified atom stereocenters. The predicted octanol–water partition coefficient (Wildman–Crippen LogP) is 4.80. The van der Waals surface area contributed by atoms with Crippen LogP contribution in [0.3, 0.4) is 0 Å². The van der Waals surface area contributed by atoms with E-state index in [9.17, 15) is 14.7 Å². The number of benzene rings is 3. The fourth-order valence-corrected chi connectivity index (χ4v) is 13.0. The van der Waals surface area contributed by atoms with Gasteiger partial charge in [0.25, 0.3) is 5.91 Å². The minimum absolute atomic E-state index is 0.0551. The Bertz CT molecular complexity index is 1800. The molecular formula is C39H47N3O8Si. The lowest BCUT2D eigenvalue weighted by Crippen LogP contribution is -2.52. The number of amides is 3. The van der Waals surface area contributed by atoms with E-state index < -0.39 is 19.8 Å². The molecule has 4 aliphatic rings. The number of hydrogen-bond donors (Lipinski definition) is 1. The zero-order chi connectivity index (χ0) is 36.1. The first-order chi connectivity index (χ1) is 24.5. The van der Waals surface area contributed by atoms with Gasteiger partial charge in [-0.15, -0.1) is 0 Å². The minimum atomic E-state index is -2.47. The number of cyclic esters (lactones) is 1. The van der Waals surface area contributed by atoms with E-state index in [-0.39, 0.29) is 48.4 Å². The summed E-state index contributed by atoms with van der Waals surface area (Å²) in [6.45, 7) is 8.37. The number of nitrogens with zero attached hydrogens (tertiary/aromatic N) is 3. The Labute approximate surface area is 300 Å². The van der Waals surface area contributed by atoms with E-state index in [1.165, 1.54) is 5.19 Å². The van der Waals surface area contributed by atoms with Gasteiger partial charge in [0, 0.05) is 23.7 Å². The standard InChI is InChI=1S/C39H47N3O8Si/c1-25-36(51(4,5)31-15-12-29(47-2)13-16-31)34(22-35(44)40-18-6-7-28(40)24-43)50-39(25)32-21-30(48-3)14-17-33(32)42(37(39)45)23-26-8-10-27(11-9-26)41-19-20-49-38(41)46/h8-17,21,25,28,34,36,43H,6-7,18-20,22-24H2,1-5H3/t25-,28-,34+,36-,39+/m0/s1. The SMILES string of the molecule is COc1ccc([Si](C)(C)[C@@H]2[C@@H](CC(=O)N3CCC[C@H]3CO)O[C@]3(C(=O)N(Cc4ccc(N5CCOC5=O)cc4)c4ccc(OC)cc43)[C@H]2C)cc1. The molecule has 5 atom stereocenters. The van der Waals surface area contributed by atoms with Gasteiger partial charge in [-0.2, -0.15) is 0 Å². The molecule has 0 bridgehead atoms. The zero-order valence-electron chi connectivity index (χ0n) is 30.0. The highest BCUT2D eigenvalue weighted by atomic mass is 28.3. The Morgan fingerprint density at radius 3 is 2.33 bits per heavy atom. The second-order valence-electron chi connectivity index (χ2n) is 14.6. The summed E-state index contributed by atoms with van der Waals surface area (Å²) in [4.78, 5) is 46.5. The third-order valence-electron chi connectivity index (χ3n) is 11.7. The molecule has 0 saturated carbocycles. The van der Waals surface area contributed by atoms with Gasteiger partial charge in [0.15, 0.2) is 5.60 Å². The molecule has 0 aliphatic carbocycles. The maximum Gasteiger partial charge on any atom is 0.414 e. The van der Waals surface area contributed by atoms with Crippen LogP contribution in [0.1, 0.15) is 37.3 Å². The number of aliphatic hydroxyl groups is 1. The van der Waals surface area contributed by atoms with Crippen LogP contribution in [0.5, 0.6) is 11.5 Å². The summed E-state index contributed by atoms with van der Waals surface area (Å²) in [5.74, 6) is 0.867. The van der Waals surface area contributed by atoms with Gasteiger partial charge in [0.05, 0.1) is 66.2 Å². The average Bonchev–Trinajstić information content (AvgIpc) is 3.91. The van der Waals surface area contributed by atoms with Crippen LogP contribution in [0, 0.1) is 5.92 Å². The zero-order valence-corrected chi connectivity index (χ0v) is 31.0. The molecule has 1 N–H and O–H groups in total. The van der Waals surface area contributed by atoms with Crippen molar-refractivity contribution in [2.24, 2.45) is 5.92 Å². The van der Waals surface area contributed by atoms with E-state index in [0.717, 1.165) is 41.1 Å². The van der Waals surface area contributed by atoms with Gasteiger partial charge >= 0.3 is 6.09 Å². The van der Waals surface area contributed by atoms with Crippen LogP contribution in [-0.2, 0) is 31.2 Å². The first kappa shape index (κ1) is 35.0. The molecule has 11 nitrogen and oxygen atoms in total. The van der Waals surface area contributed by atoms with Crippen LogP contribution in [0.15, 0.2) is 66.7 Å². The van der Waals surface area contributed by atoms with E-state index in [4.69, 9.17) is 18.9 Å². The molecule has 3 aromatic carbocycles. The van der Waals surface area contributed by atoms with Crippen molar-refractivity contribution in [3.63, 3.8) is 0 Å². The van der Waals surface area contributed by atoms with E-state index in [1.807, 2.05) is 54.6 Å². The summed E-state index contributed by atoms with van der Waals surface area (Å²) in [7, 11) is 0.784. The third-order valence-corrected chi connectivity index (χ3v) is 16.0. The Balaban J connectivity index is 1.28. The summed E-state index contributed by atoms with van der Waals surface area (Å²) >= 11 is 0. The summed E-state index contributed by atoms with van der Waals surface area (Å²) in [6.07, 6.45) is 0.830. The number of likely N-dealkylation sites (tertiary alicyclic amines) is 1. The Morgan fingerprint density at radius 2 is 1.69 bits per heavy atom. The van der Waals surface area contributed by atoms with Crippen LogP contribution in [0.25, 0.3) is 0 Å². The predicted molar refractivity (Wildman–Crippen MR) is 195 cm³/mol. The lowest BCUT2D eigenvalue weighted by Gasteiger charge is -2.37. The Morgan fingerprint density at radius 1 is 0.980 bits per heavy atom. The topological polar surface area (TPSA) is 118 Å². The van der Waals surface area contributed by atoms with E-state index in [2.05, 4.69) is 32.2 Å². The molecule has 0 aromatic heterocycles. The minimum Gasteiger partial charge on any atom is -0.497 e. The number of carbonyl (C=O) groups excluding carboxylic acids is 3. The van der Waals surface area contributed by atoms with Crippen molar-refractivity contribution in [2.45, 2.75) is 69.1 Å². The van der Waals surface area contributed by atoms with Crippen molar-refractivity contribution in [1.29, 1.82) is 0 Å². The van der Waals surface area contributed by atoms with E-state index in [1.54, 1.807) is 28.9 Å². The first-order valence-corrected chi connectivity index (χ1v) is 20.9. The number of fused-ring (bicyclic) bond motifs is 2. The first-order valence-electron chi connectivity index (χ1n) is 17.8. The lowest BCUT2D eigenvalue weighted by molar-refractivity contribution is -0.150. The molecule has 3 saturated heterocycles. The molecule has 12 heteroatoms. The van der Waals surface area contributed by atoms with Crippen molar-refractivity contribution in [2.75, 3.05) is 50.3 Å². The fraction of sp³-hybridized carbons (Fsp3) is 0.462. The second-order valence-corrected chi connectivity index (χ2v) is 19.3. The van der Waals surface area contributed by atoms with Crippen LogP contribution in [0.2, 0.25) is 18.6 Å². The molecule has 7 rings (SSSR count). The molecule has 1 spiro atoms. The third kappa shape index (κ3) is 5.86.